The number of benzene rings is 2. The normalized spacial score (nSPS) is 10.5. The molecule has 3 nitrogen and oxygen atoms in total. The molecular formula is C19H12Cl2N2OS2. The Labute approximate surface area is 169 Å². The van der Waals surface area contributed by atoms with Gasteiger partial charge in [-0.15, -0.1) is 23.1 Å². The zero-order valence-electron chi connectivity index (χ0n) is 13.3. The second-order valence-corrected chi connectivity index (χ2v) is 8.43. The van der Waals surface area contributed by atoms with Gasteiger partial charge in [0, 0.05) is 11.3 Å². The van der Waals surface area contributed by atoms with E-state index in [9.17, 15) is 10.1 Å². The number of carbonyl (C=O) groups excluding carboxylic acids is 1. The van der Waals surface area contributed by atoms with Crippen molar-refractivity contribution in [2.24, 2.45) is 0 Å². The molecule has 0 spiro atoms. The molecule has 0 aliphatic carbocycles. The van der Waals surface area contributed by atoms with E-state index in [0.29, 0.717) is 31.8 Å². The topological polar surface area (TPSA) is 66.9 Å². The number of thiophene rings is 1. The molecule has 0 aliphatic rings. The molecule has 0 amide bonds. The van der Waals surface area contributed by atoms with Crippen molar-refractivity contribution in [3.63, 3.8) is 0 Å². The average Bonchev–Trinajstić information content (AvgIpc) is 2.98. The summed E-state index contributed by atoms with van der Waals surface area (Å²) in [5.74, 6) is 0.413. The summed E-state index contributed by atoms with van der Waals surface area (Å²) < 4.78 is 0.718. The number of nitriles is 1. The summed E-state index contributed by atoms with van der Waals surface area (Å²) in [7, 11) is 0. The molecule has 1 aromatic heterocycles. The van der Waals surface area contributed by atoms with Crippen LogP contribution >= 0.6 is 46.3 Å². The second kappa shape index (κ2) is 8.15. The Morgan fingerprint density at radius 1 is 1.15 bits per heavy atom. The third-order valence-electron chi connectivity index (χ3n) is 3.62. The lowest BCUT2D eigenvalue weighted by atomic mass is 10.1. The fourth-order valence-corrected chi connectivity index (χ4v) is 4.92. The summed E-state index contributed by atoms with van der Waals surface area (Å²) in [5, 5.41) is 10.4. The number of anilines is 1. The standard InChI is InChI=1S/C19H12Cl2N2OS2/c20-14-7-6-11(8-15(14)21)10-25-19-13(9-22)16(23)18(26-19)17(24)12-4-2-1-3-5-12/h1-8H,10,23H2. The Balaban J connectivity index is 1.87. The zero-order valence-corrected chi connectivity index (χ0v) is 16.5. The van der Waals surface area contributed by atoms with Crippen molar-refractivity contribution >= 4 is 57.8 Å². The van der Waals surface area contributed by atoms with Gasteiger partial charge in [-0.2, -0.15) is 5.26 Å². The van der Waals surface area contributed by atoms with Gasteiger partial charge in [-0.1, -0.05) is 59.6 Å². The van der Waals surface area contributed by atoms with Crippen molar-refractivity contribution in [1.29, 1.82) is 5.26 Å². The van der Waals surface area contributed by atoms with Crippen LogP contribution < -0.4 is 5.73 Å². The molecule has 3 aromatic rings. The smallest absolute Gasteiger partial charge is 0.205 e. The van der Waals surface area contributed by atoms with E-state index in [-0.39, 0.29) is 11.5 Å². The molecular weight excluding hydrogens is 407 g/mol. The highest BCUT2D eigenvalue weighted by atomic mass is 35.5. The first kappa shape index (κ1) is 18.8. The first-order valence-corrected chi connectivity index (χ1v) is 10.1. The highest BCUT2D eigenvalue weighted by Crippen LogP contribution is 2.40. The summed E-state index contributed by atoms with van der Waals surface area (Å²) in [5.41, 5.74) is 8.18. The minimum atomic E-state index is -0.175. The van der Waals surface area contributed by atoms with Gasteiger partial charge in [0.25, 0.3) is 0 Å². The maximum absolute atomic E-state index is 12.7. The third-order valence-corrected chi connectivity index (χ3v) is 6.91. The second-order valence-electron chi connectivity index (χ2n) is 5.35. The lowest BCUT2D eigenvalue weighted by molar-refractivity contribution is 0.104. The van der Waals surface area contributed by atoms with Gasteiger partial charge in [-0.05, 0) is 17.7 Å². The van der Waals surface area contributed by atoms with Crippen LogP contribution in [0.25, 0.3) is 0 Å². The van der Waals surface area contributed by atoms with E-state index in [4.69, 9.17) is 28.9 Å². The Bertz CT molecular complexity index is 1010. The molecule has 2 N–H and O–H groups in total. The molecule has 0 radical (unpaired) electrons. The van der Waals surface area contributed by atoms with Crippen LogP contribution in [0.4, 0.5) is 5.69 Å². The number of carbonyl (C=O) groups is 1. The number of nitrogens with two attached hydrogens (primary N) is 1. The predicted molar refractivity (Wildman–Crippen MR) is 109 cm³/mol. The minimum Gasteiger partial charge on any atom is -0.396 e. The van der Waals surface area contributed by atoms with E-state index in [1.54, 1.807) is 36.4 Å². The van der Waals surface area contributed by atoms with Crippen molar-refractivity contribution in [2.75, 3.05) is 5.73 Å². The number of halogens is 2. The number of thioether (sulfide) groups is 1. The van der Waals surface area contributed by atoms with Crippen LogP contribution in [0.15, 0.2) is 52.7 Å². The Hall–Kier alpha value is -1.97. The largest absolute Gasteiger partial charge is 0.396 e. The number of nitrogens with zero attached hydrogens (tertiary/aromatic N) is 1. The monoisotopic (exact) mass is 418 g/mol. The van der Waals surface area contributed by atoms with E-state index < -0.39 is 0 Å². The van der Waals surface area contributed by atoms with E-state index in [0.717, 1.165) is 9.77 Å². The fourth-order valence-electron chi connectivity index (χ4n) is 2.30. The van der Waals surface area contributed by atoms with E-state index in [1.807, 2.05) is 12.1 Å². The molecule has 0 atom stereocenters. The fraction of sp³-hybridized carbons (Fsp3) is 0.0526. The molecule has 3 rings (SSSR count). The number of rotatable bonds is 5. The number of hydrogen-bond donors (Lipinski definition) is 1. The van der Waals surface area contributed by atoms with Crippen molar-refractivity contribution in [3.8, 4) is 6.07 Å². The highest BCUT2D eigenvalue weighted by molar-refractivity contribution is 8.00. The summed E-state index contributed by atoms with van der Waals surface area (Å²) in [4.78, 5) is 13.1. The molecule has 0 unspecified atom stereocenters. The Morgan fingerprint density at radius 3 is 2.54 bits per heavy atom. The van der Waals surface area contributed by atoms with Crippen molar-refractivity contribution in [1.82, 2.24) is 0 Å². The lowest BCUT2D eigenvalue weighted by Gasteiger charge is -2.02. The van der Waals surface area contributed by atoms with Crippen LogP contribution in [0.2, 0.25) is 10.0 Å². The number of ketones is 1. The molecule has 0 bridgehead atoms. The molecule has 0 fully saturated rings. The summed E-state index contributed by atoms with van der Waals surface area (Å²) >= 11 is 14.7. The molecule has 130 valence electrons. The minimum absolute atomic E-state index is 0.175. The molecule has 2 aromatic carbocycles. The first-order chi connectivity index (χ1) is 12.5. The van der Waals surface area contributed by atoms with Gasteiger partial charge in [-0.25, -0.2) is 0 Å². The van der Waals surface area contributed by atoms with Gasteiger partial charge in [0.1, 0.15) is 16.5 Å². The SMILES string of the molecule is N#Cc1c(SCc2ccc(Cl)c(Cl)c2)sc(C(=O)c2ccccc2)c1N. The average molecular weight is 419 g/mol. The summed E-state index contributed by atoms with van der Waals surface area (Å²) in [6, 6.07) is 16.4. The van der Waals surface area contributed by atoms with Gasteiger partial charge in [-0.3, -0.25) is 4.79 Å². The molecule has 0 saturated carbocycles. The van der Waals surface area contributed by atoms with Crippen molar-refractivity contribution in [3.05, 3.63) is 80.1 Å². The van der Waals surface area contributed by atoms with Crippen LogP contribution in [0.1, 0.15) is 26.4 Å². The van der Waals surface area contributed by atoms with Gasteiger partial charge >= 0.3 is 0 Å². The van der Waals surface area contributed by atoms with Crippen molar-refractivity contribution in [2.45, 2.75) is 9.96 Å². The quantitative estimate of drug-likeness (QED) is 0.405. The highest BCUT2D eigenvalue weighted by Gasteiger charge is 2.22. The molecule has 0 aliphatic heterocycles. The molecule has 0 saturated heterocycles. The Kier molecular flexibility index (Phi) is 5.90. The lowest BCUT2D eigenvalue weighted by Crippen LogP contribution is -2.02. The van der Waals surface area contributed by atoms with Gasteiger partial charge in [0.2, 0.25) is 5.78 Å². The first-order valence-electron chi connectivity index (χ1n) is 7.50. The predicted octanol–water partition coefficient (Wildman–Crippen LogP) is 6.03. The molecule has 1 heterocycles. The summed E-state index contributed by atoms with van der Waals surface area (Å²) in [6.07, 6.45) is 0. The van der Waals surface area contributed by atoms with Crippen LogP contribution in [0.3, 0.4) is 0 Å². The number of hydrogen-bond acceptors (Lipinski definition) is 5. The zero-order chi connectivity index (χ0) is 18.7. The van der Waals surface area contributed by atoms with E-state index >= 15 is 0 Å². The van der Waals surface area contributed by atoms with Gasteiger partial charge < -0.3 is 5.73 Å². The molecule has 7 heteroatoms. The maximum atomic E-state index is 12.7. The number of nitrogen functional groups attached to an aromatic ring is 1. The van der Waals surface area contributed by atoms with Crippen LogP contribution in [0.5, 0.6) is 0 Å². The van der Waals surface area contributed by atoms with Crippen LogP contribution in [0, 0.1) is 11.3 Å². The van der Waals surface area contributed by atoms with Crippen molar-refractivity contribution < 1.29 is 4.79 Å². The van der Waals surface area contributed by atoms with Crippen LogP contribution in [-0.2, 0) is 5.75 Å². The van der Waals surface area contributed by atoms with E-state index in [2.05, 4.69) is 6.07 Å². The molecule has 26 heavy (non-hydrogen) atoms. The summed E-state index contributed by atoms with van der Waals surface area (Å²) in [6.45, 7) is 0. The van der Waals surface area contributed by atoms with Gasteiger partial charge in [0.15, 0.2) is 0 Å². The maximum Gasteiger partial charge on any atom is 0.205 e. The van der Waals surface area contributed by atoms with Crippen LogP contribution in [-0.4, -0.2) is 5.78 Å². The van der Waals surface area contributed by atoms with E-state index in [1.165, 1.54) is 23.1 Å². The third kappa shape index (κ3) is 3.89. The van der Waals surface area contributed by atoms with Gasteiger partial charge in [0.05, 0.1) is 19.9 Å². The Morgan fingerprint density at radius 2 is 1.88 bits per heavy atom.